The molecule has 0 atom stereocenters. The van der Waals surface area contributed by atoms with Crippen LogP contribution in [0.3, 0.4) is 0 Å². The van der Waals surface area contributed by atoms with Crippen LogP contribution in [0.15, 0.2) is 47.5 Å². The Bertz CT molecular complexity index is 1010. The average Bonchev–Trinajstić information content (AvgIpc) is 2.75. The van der Waals surface area contributed by atoms with Gasteiger partial charge >= 0.3 is 0 Å². The van der Waals surface area contributed by atoms with E-state index in [0.717, 1.165) is 38.2 Å². The maximum atomic E-state index is 12.9. The van der Waals surface area contributed by atoms with Crippen molar-refractivity contribution in [2.24, 2.45) is 0 Å². The third kappa shape index (κ3) is 5.83. The zero-order valence-corrected chi connectivity index (χ0v) is 19.7. The van der Waals surface area contributed by atoms with E-state index in [1.165, 1.54) is 29.6 Å². The number of nitrogens with one attached hydrogen (secondary N) is 1. The second kappa shape index (κ2) is 10.1. The number of hydrogen-bond donors (Lipinski definition) is 1. The number of likely N-dealkylation sites (tertiary alicyclic amines) is 1. The topological polar surface area (TPSA) is 82.6 Å². The largest absolute Gasteiger partial charge is 0.349 e. The highest BCUT2D eigenvalue weighted by atomic mass is 35.5. The average molecular weight is 465 g/mol. The molecule has 1 N–H and O–H groups in total. The molecule has 2 aromatic rings. The van der Waals surface area contributed by atoms with E-state index in [1.807, 2.05) is 18.2 Å². The molecule has 0 bridgehead atoms. The van der Waals surface area contributed by atoms with Crippen molar-refractivity contribution in [3.8, 4) is 0 Å². The lowest BCUT2D eigenvalue weighted by Gasteiger charge is -2.32. The summed E-state index contributed by atoms with van der Waals surface area (Å²) in [6.07, 6.45) is 3.41. The van der Waals surface area contributed by atoms with Crippen LogP contribution in [-0.2, 0) is 16.6 Å². The first kappa shape index (κ1) is 23.7. The molecule has 2 heterocycles. The van der Waals surface area contributed by atoms with Gasteiger partial charge in [-0.25, -0.2) is 8.42 Å². The molecule has 1 aliphatic heterocycles. The molecule has 1 fully saturated rings. The summed E-state index contributed by atoms with van der Waals surface area (Å²) in [5, 5.41) is 3.25. The minimum absolute atomic E-state index is 0.0159. The number of sulfonamides is 1. The highest BCUT2D eigenvalue weighted by Crippen LogP contribution is 2.24. The molecule has 1 aliphatic rings. The molecular weight excluding hydrogens is 436 g/mol. The fraction of sp³-hybridized carbons (Fsp3) is 0.455. The molecule has 1 aromatic carbocycles. The molecule has 0 radical (unpaired) electrons. The fourth-order valence-corrected chi connectivity index (χ4v) is 5.10. The van der Waals surface area contributed by atoms with Crippen LogP contribution in [0.5, 0.6) is 0 Å². The summed E-state index contributed by atoms with van der Waals surface area (Å²) in [6.45, 7) is 6.07. The van der Waals surface area contributed by atoms with E-state index in [0.29, 0.717) is 0 Å². The minimum atomic E-state index is -3.70. The predicted octanol–water partition coefficient (Wildman–Crippen LogP) is 3.16. The third-order valence-electron chi connectivity index (χ3n) is 5.62. The van der Waals surface area contributed by atoms with Crippen LogP contribution in [0, 0.1) is 0 Å². The molecule has 3 rings (SSSR count). The fourth-order valence-electron chi connectivity index (χ4n) is 3.50. The van der Waals surface area contributed by atoms with Gasteiger partial charge in [0.2, 0.25) is 10.0 Å². The van der Waals surface area contributed by atoms with Crippen molar-refractivity contribution in [3.63, 3.8) is 0 Å². The van der Waals surface area contributed by atoms with Crippen LogP contribution < -0.4 is 5.32 Å². The summed E-state index contributed by atoms with van der Waals surface area (Å²) in [5.41, 5.74) is 1.21. The van der Waals surface area contributed by atoms with Gasteiger partial charge in [-0.1, -0.05) is 17.7 Å². The van der Waals surface area contributed by atoms with Crippen molar-refractivity contribution in [2.75, 3.05) is 20.1 Å². The first-order valence-electron chi connectivity index (χ1n) is 10.4. The Hall–Kier alpha value is -2.00. The van der Waals surface area contributed by atoms with Crippen molar-refractivity contribution >= 4 is 27.5 Å². The van der Waals surface area contributed by atoms with E-state index in [1.54, 1.807) is 20.0 Å². The van der Waals surface area contributed by atoms with Crippen LogP contribution in [0.4, 0.5) is 0 Å². The summed E-state index contributed by atoms with van der Waals surface area (Å²) < 4.78 is 26.8. The second-order valence-corrected chi connectivity index (χ2v) is 10.5. The van der Waals surface area contributed by atoms with Crippen molar-refractivity contribution in [1.82, 2.24) is 19.5 Å². The van der Waals surface area contributed by atoms with Crippen molar-refractivity contribution in [2.45, 2.75) is 50.2 Å². The molecule has 9 heteroatoms. The Labute approximate surface area is 189 Å². The summed E-state index contributed by atoms with van der Waals surface area (Å²) in [4.78, 5) is 19.6. The Morgan fingerprint density at radius 2 is 1.97 bits per heavy atom. The SMILES string of the molecule is CC(C)N(C)S(=O)(=O)c1ccc(Cl)c(C(=O)NC2CCN(Cc3ccccn3)CC2)c1. The van der Waals surface area contributed by atoms with E-state index in [9.17, 15) is 13.2 Å². The van der Waals surface area contributed by atoms with Gasteiger partial charge in [-0.3, -0.25) is 14.7 Å². The maximum absolute atomic E-state index is 12.9. The first-order chi connectivity index (χ1) is 14.7. The Kier molecular flexibility index (Phi) is 7.69. The zero-order chi connectivity index (χ0) is 22.6. The van der Waals surface area contributed by atoms with Crippen LogP contribution in [0.25, 0.3) is 0 Å². The van der Waals surface area contributed by atoms with Crippen molar-refractivity contribution < 1.29 is 13.2 Å². The maximum Gasteiger partial charge on any atom is 0.253 e. The number of rotatable bonds is 7. The summed E-state index contributed by atoms with van der Waals surface area (Å²) in [5.74, 6) is -0.350. The number of halogens is 1. The highest BCUT2D eigenvalue weighted by molar-refractivity contribution is 7.89. The summed E-state index contributed by atoms with van der Waals surface area (Å²) >= 11 is 6.23. The number of carbonyl (C=O) groups excluding carboxylic acids is 1. The summed E-state index contributed by atoms with van der Waals surface area (Å²) in [7, 11) is -2.18. The van der Waals surface area contributed by atoms with Gasteiger partial charge < -0.3 is 5.32 Å². The zero-order valence-electron chi connectivity index (χ0n) is 18.1. The summed E-state index contributed by atoms with van der Waals surface area (Å²) in [6, 6.07) is 9.96. The van der Waals surface area contributed by atoms with Gasteiger partial charge in [0.05, 0.1) is 21.2 Å². The monoisotopic (exact) mass is 464 g/mol. The number of nitrogens with zero attached hydrogens (tertiary/aromatic N) is 3. The molecule has 7 nitrogen and oxygen atoms in total. The quantitative estimate of drug-likeness (QED) is 0.680. The van der Waals surface area contributed by atoms with Gasteiger partial charge in [0, 0.05) is 45.0 Å². The van der Waals surface area contributed by atoms with Crippen molar-refractivity contribution in [3.05, 3.63) is 58.9 Å². The molecule has 1 saturated heterocycles. The number of aromatic nitrogens is 1. The highest BCUT2D eigenvalue weighted by Gasteiger charge is 2.26. The number of hydrogen-bond acceptors (Lipinski definition) is 5. The van der Waals surface area contributed by atoms with Gasteiger partial charge in [-0.05, 0) is 57.0 Å². The molecule has 1 amide bonds. The van der Waals surface area contributed by atoms with E-state index < -0.39 is 10.0 Å². The van der Waals surface area contributed by atoms with Gasteiger partial charge in [-0.15, -0.1) is 0 Å². The normalized spacial score (nSPS) is 16.1. The van der Waals surface area contributed by atoms with Gasteiger partial charge in [0.25, 0.3) is 5.91 Å². The van der Waals surface area contributed by atoms with E-state index in [4.69, 9.17) is 11.6 Å². The Balaban J connectivity index is 1.63. The van der Waals surface area contributed by atoms with E-state index in [-0.39, 0.29) is 33.5 Å². The number of benzene rings is 1. The number of piperidine rings is 1. The lowest BCUT2D eigenvalue weighted by molar-refractivity contribution is 0.0908. The van der Waals surface area contributed by atoms with Crippen LogP contribution in [0.1, 0.15) is 42.7 Å². The molecule has 0 spiro atoms. The van der Waals surface area contributed by atoms with Gasteiger partial charge in [0.15, 0.2) is 0 Å². The van der Waals surface area contributed by atoms with Crippen molar-refractivity contribution in [1.29, 1.82) is 0 Å². The van der Waals surface area contributed by atoms with Crippen LogP contribution >= 0.6 is 11.6 Å². The standard InChI is InChI=1S/C22H29ClN4O3S/c1-16(2)26(3)31(29,30)19-7-8-21(23)20(14-19)22(28)25-17-9-12-27(13-10-17)15-18-6-4-5-11-24-18/h4-8,11,14,16-17H,9-10,12-13,15H2,1-3H3,(H,25,28). The Morgan fingerprint density at radius 1 is 1.26 bits per heavy atom. The molecule has 0 aliphatic carbocycles. The predicted molar refractivity (Wildman–Crippen MR) is 122 cm³/mol. The third-order valence-corrected chi connectivity index (χ3v) is 7.98. The van der Waals surface area contributed by atoms with Crippen LogP contribution in [0.2, 0.25) is 5.02 Å². The van der Waals surface area contributed by atoms with Crippen LogP contribution in [-0.4, -0.2) is 60.7 Å². The molecular formula is C22H29ClN4O3S. The molecule has 1 aromatic heterocycles. The minimum Gasteiger partial charge on any atom is -0.349 e. The lowest BCUT2D eigenvalue weighted by Crippen LogP contribution is -2.44. The molecule has 0 saturated carbocycles. The number of amides is 1. The van der Waals surface area contributed by atoms with E-state index >= 15 is 0 Å². The van der Waals surface area contributed by atoms with Gasteiger partial charge in [-0.2, -0.15) is 4.31 Å². The lowest BCUT2D eigenvalue weighted by atomic mass is 10.0. The Morgan fingerprint density at radius 3 is 2.58 bits per heavy atom. The molecule has 31 heavy (non-hydrogen) atoms. The number of carbonyl (C=O) groups is 1. The van der Waals surface area contributed by atoms with Gasteiger partial charge in [0.1, 0.15) is 0 Å². The molecule has 168 valence electrons. The number of pyridine rings is 1. The molecule has 0 unspecified atom stereocenters. The second-order valence-electron chi connectivity index (χ2n) is 8.10. The first-order valence-corrected chi connectivity index (χ1v) is 12.2. The smallest absolute Gasteiger partial charge is 0.253 e. The van der Waals surface area contributed by atoms with E-state index in [2.05, 4.69) is 15.2 Å².